The van der Waals surface area contributed by atoms with Crippen LogP contribution in [0.4, 0.5) is 0 Å². The van der Waals surface area contributed by atoms with E-state index < -0.39 is 0 Å². The van der Waals surface area contributed by atoms with Gasteiger partial charge in [-0.25, -0.2) is 0 Å². The van der Waals surface area contributed by atoms with Gasteiger partial charge in [0.2, 0.25) is 0 Å². The van der Waals surface area contributed by atoms with E-state index >= 15 is 0 Å². The minimum Gasteiger partial charge on any atom is -0.391 e. The van der Waals surface area contributed by atoms with E-state index in [0.717, 1.165) is 58.2 Å². The number of nitrogens with one attached hydrogen (secondary N) is 1. The Bertz CT molecular complexity index is 1290. The summed E-state index contributed by atoms with van der Waals surface area (Å²) < 4.78 is 0. The van der Waals surface area contributed by atoms with Crippen molar-refractivity contribution in [2.24, 2.45) is 40.5 Å². The minimum absolute atomic E-state index is 0.0945. The lowest BCUT2D eigenvalue weighted by Crippen LogP contribution is -2.60. The first kappa shape index (κ1) is 66.5. The second kappa shape index (κ2) is 29.5. The summed E-state index contributed by atoms with van der Waals surface area (Å²) in [5, 5.41) is 13.1. The van der Waals surface area contributed by atoms with Crippen LogP contribution in [-0.4, -0.2) is 196 Å². The molecule has 0 saturated carbocycles. The van der Waals surface area contributed by atoms with Crippen LogP contribution < -0.4 is 34.0 Å². The van der Waals surface area contributed by atoms with Crippen molar-refractivity contribution in [3.8, 4) is 0 Å². The molecule has 13 nitrogen and oxygen atoms in total. The van der Waals surface area contributed by atoms with Crippen molar-refractivity contribution in [1.29, 1.82) is 0 Å². The molecule has 0 radical (unpaired) electrons. The van der Waals surface area contributed by atoms with Crippen LogP contribution in [0, 0.1) is 11.8 Å². The minimum atomic E-state index is -0.335. The summed E-state index contributed by atoms with van der Waals surface area (Å²) in [7, 11) is 0. The molecule has 0 spiro atoms. The van der Waals surface area contributed by atoms with E-state index in [1.807, 2.05) is 0 Å². The maximum atomic E-state index is 9.68. The number of likely N-dealkylation sites (tertiary alicyclic amines) is 5. The van der Waals surface area contributed by atoms with E-state index in [9.17, 15) is 5.11 Å². The van der Waals surface area contributed by atoms with Gasteiger partial charge in [-0.15, -0.1) is 0 Å². The van der Waals surface area contributed by atoms with Gasteiger partial charge >= 0.3 is 0 Å². The molecule has 0 aromatic heterocycles. The van der Waals surface area contributed by atoms with Gasteiger partial charge in [-0.3, -0.25) is 29.4 Å². The molecule has 6 saturated heterocycles. The average Bonchev–Trinajstić information content (AvgIpc) is 3.34. The van der Waals surface area contributed by atoms with Gasteiger partial charge in [0.15, 0.2) is 0 Å². The molecular weight excluding hydrogens is 857 g/mol. The number of aliphatic hydroxyl groups is 1. The topological polar surface area (TPSA) is 182 Å². The summed E-state index contributed by atoms with van der Waals surface area (Å²) in [6.07, 6.45) is 9.58. The van der Waals surface area contributed by atoms with Crippen molar-refractivity contribution in [3.63, 3.8) is 0 Å². The molecule has 0 aromatic rings. The Kier molecular flexibility index (Phi) is 28.5. The molecular formula is C56H124N12O. The number of rotatable bonds is 0. The average molecular weight is 982 g/mol. The fourth-order valence-electron chi connectivity index (χ4n) is 10.1. The smallest absolute Gasteiger partial charge is 0.0741 e. The number of nitrogens with two attached hydrogens (primary N) is 5. The predicted molar refractivity (Wildman–Crippen MR) is 302 cm³/mol. The molecule has 6 rings (SSSR count). The zero-order chi connectivity index (χ0) is 53.3. The van der Waals surface area contributed by atoms with Gasteiger partial charge in [-0.2, -0.15) is 0 Å². The Hall–Kier alpha value is -0.520. The summed E-state index contributed by atoms with van der Waals surface area (Å²) >= 11 is 0. The molecule has 8 atom stereocenters. The molecule has 414 valence electrons. The first-order valence-electron chi connectivity index (χ1n) is 28.0. The first-order chi connectivity index (χ1) is 31.3. The normalized spacial score (nSPS) is 30.5. The van der Waals surface area contributed by atoms with Gasteiger partial charge in [0, 0.05) is 129 Å². The summed E-state index contributed by atoms with van der Waals surface area (Å²) in [6, 6.07) is 1.50. The van der Waals surface area contributed by atoms with E-state index in [0.29, 0.717) is 46.3 Å². The van der Waals surface area contributed by atoms with Crippen molar-refractivity contribution >= 4 is 0 Å². The predicted octanol–water partition coefficient (Wildman–Crippen LogP) is 6.58. The van der Waals surface area contributed by atoms with Crippen LogP contribution in [0.15, 0.2) is 0 Å². The fourth-order valence-corrected chi connectivity index (χ4v) is 10.1. The molecule has 13 heteroatoms. The van der Waals surface area contributed by atoms with Crippen molar-refractivity contribution in [2.75, 3.05) is 91.6 Å². The zero-order valence-electron chi connectivity index (χ0n) is 49.7. The van der Waals surface area contributed by atoms with Crippen LogP contribution in [0.25, 0.3) is 0 Å². The third-order valence-corrected chi connectivity index (χ3v) is 15.1. The Balaban J connectivity index is 0.000000415. The van der Waals surface area contributed by atoms with E-state index in [1.54, 1.807) is 0 Å². The Morgan fingerprint density at radius 1 is 0.377 bits per heavy atom. The van der Waals surface area contributed by atoms with Crippen molar-refractivity contribution in [1.82, 2.24) is 34.7 Å². The number of piperidine rings is 3. The molecule has 12 N–H and O–H groups in total. The lowest BCUT2D eigenvalue weighted by molar-refractivity contribution is -0.0160. The van der Waals surface area contributed by atoms with Crippen molar-refractivity contribution in [2.45, 2.75) is 259 Å². The van der Waals surface area contributed by atoms with Crippen molar-refractivity contribution in [3.05, 3.63) is 0 Å². The molecule has 6 fully saturated rings. The highest BCUT2D eigenvalue weighted by atomic mass is 16.3. The molecule has 6 aliphatic heterocycles. The van der Waals surface area contributed by atoms with Crippen LogP contribution in [0.1, 0.15) is 190 Å². The van der Waals surface area contributed by atoms with Crippen LogP contribution in [0.5, 0.6) is 0 Å². The first-order valence-corrected chi connectivity index (χ1v) is 28.0. The van der Waals surface area contributed by atoms with Gasteiger partial charge in [0.1, 0.15) is 0 Å². The molecule has 2 unspecified atom stereocenters. The van der Waals surface area contributed by atoms with Gasteiger partial charge < -0.3 is 39.1 Å². The van der Waals surface area contributed by atoms with Crippen LogP contribution >= 0.6 is 0 Å². The highest BCUT2D eigenvalue weighted by Crippen LogP contribution is 2.25. The lowest BCUT2D eigenvalue weighted by atomic mass is 9.89. The molecule has 0 amide bonds. The molecule has 6 heterocycles. The largest absolute Gasteiger partial charge is 0.391 e. The summed E-state index contributed by atoms with van der Waals surface area (Å²) in [5.74, 6) is 1.04. The molecule has 0 bridgehead atoms. The Labute approximate surface area is 429 Å². The van der Waals surface area contributed by atoms with E-state index in [-0.39, 0.29) is 29.1 Å². The van der Waals surface area contributed by atoms with E-state index in [1.165, 1.54) is 90.8 Å². The second-order valence-corrected chi connectivity index (χ2v) is 28.2. The third-order valence-electron chi connectivity index (χ3n) is 15.1. The number of aliphatic hydroxyl groups excluding tert-OH is 1. The van der Waals surface area contributed by atoms with Gasteiger partial charge in [-0.05, 0) is 208 Å². The zero-order valence-corrected chi connectivity index (χ0v) is 49.7. The van der Waals surface area contributed by atoms with Crippen LogP contribution in [0.2, 0.25) is 0 Å². The second-order valence-electron chi connectivity index (χ2n) is 28.2. The molecule has 0 aromatic carbocycles. The monoisotopic (exact) mass is 981 g/mol. The third kappa shape index (κ3) is 27.5. The quantitative estimate of drug-likeness (QED) is 0.138. The van der Waals surface area contributed by atoms with Crippen LogP contribution in [0.3, 0.4) is 0 Å². The summed E-state index contributed by atoms with van der Waals surface area (Å²) in [4.78, 5) is 14.8. The van der Waals surface area contributed by atoms with E-state index in [4.69, 9.17) is 28.7 Å². The number of hydrogen-bond donors (Lipinski definition) is 7. The maximum absolute atomic E-state index is 9.68. The van der Waals surface area contributed by atoms with Crippen LogP contribution in [-0.2, 0) is 0 Å². The summed E-state index contributed by atoms with van der Waals surface area (Å²) in [6.45, 7) is 60.5. The van der Waals surface area contributed by atoms with Gasteiger partial charge in [-0.1, -0.05) is 20.3 Å². The number of hydrogen-bond acceptors (Lipinski definition) is 13. The molecule has 0 aliphatic carbocycles. The lowest BCUT2D eigenvalue weighted by Gasteiger charge is -2.45. The van der Waals surface area contributed by atoms with Gasteiger partial charge in [0.25, 0.3) is 0 Å². The van der Waals surface area contributed by atoms with Crippen molar-refractivity contribution < 1.29 is 5.11 Å². The molecule has 69 heavy (non-hydrogen) atoms. The SMILES string of the molecule is CC(C)(C)N1CCC(N)C1.CC(C)(C)N1CCCCC(N)C1.CC(C)(C)N1CCCNCC1.CC(C)(C)N1CCC[C@H](N)C1.C[C@@H]1C[C@H](N)CN(C(C)(C)C)C1.C[C@H]1CN(C(C)(C)C)C[C@@H](N)[C@@H]1O. The highest BCUT2D eigenvalue weighted by molar-refractivity contribution is 4.92. The fraction of sp³-hybridized carbons (Fsp3) is 1.00. The number of nitrogens with zero attached hydrogens (tertiary/aromatic N) is 6. The molecule has 6 aliphatic rings. The maximum Gasteiger partial charge on any atom is 0.0741 e. The Morgan fingerprint density at radius 3 is 1.17 bits per heavy atom. The van der Waals surface area contributed by atoms with Gasteiger partial charge in [0.05, 0.1) is 6.10 Å². The highest BCUT2D eigenvalue weighted by Gasteiger charge is 2.36. The summed E-state index contributed by atoms with van der Waals surface area (Å²) in [5.41, 5.74) is 31.2. The van der Waals surface area contributed by atoms with E-state index in [2.05, 4.69) is 173 Å². The standard InChI is InChI=1S/C10H22N2O.2C10H22N2.2C9H20N2.C8H18N2/c1-7-5-12(10(2,3)4)6-8(11)9(7)13;1-8-5-9(11)7-12(6-8)10(2,3)4;1-10(2,3)12-7-5-4-6-9(11)8-12;1-9(2,3)11-7-4-5-10-6-8-11;1-9(2,3)11-6-4-5-8(10)7-11;1-8(2,3)10-5-4-7(9)6-10/h7-9,13H,5-6,11H2,1-4H3;8-9H,5-7,11H2,1-4H3;9H,4-8,11H2,1-3H3;10H,4-8H2,1-3H3;8H,4-7,10H2,1-3H3;7H,4-6,9H2,1-3H3/t7-,8+,9+;8-,9+;;;8-;/m01..0./s1. The Morgan fingerprint density at radius 2 is 0.768 bits per heavy atom.